The topological polar surface area (TPSA) is 54.0 Å². The normalized spacial score (nSPS) is 23.6. The Kier molecular flexibility index (Phi) is 4.02. The van der Waals surface area contributed by atoms with Crippen molar-refractivity contribution in [2.45, 2.75) is 33.7 Å². The van der Waals surface area contributed by atoms with Crippen molar-refractivity contribution in [1.82, 2.24) is 15.6 Å². The van der Waals surface area contributed by atoms with Crippen LogP contribution in [0, 0.1) is 18.3 Å². The lowest BCUT2D eigenvalue weighted by Crippen LogP contribution is -2.45. The molecule has 0 bridgehead atoms. The molecule has 1 aliphatic rings. The SMILES string of the molecule is Cc1ncc(CNC(=O)C2(C(C)C)CCNC2)s1. The number of hydrogen-bond donors (Lipinski definition) is 2. The fourth-order valence-corrected chi connectivity index (χ4v) is 3.23. The van der Waals surface area contributed by atoms with Crippen LogP contribution in [0.2, 0.25) is 0 Å². The predicted octanol–water partition coefficient (Wildman–Crippen LogP) is 1.70. The fourth-order valence-electron chi connectivity index (χ4n) is 2.49. The third-order valence-corrected chi connectivity index (χ3v) is 4.75. The van der Waals surface area contributed by atoms with Crippen molar-refractivity contribution in [3.63, 3.8) is 0 Å². The molecule has 1 aromatic heterocycles. The molecule has 0 radical (unpaired) electrons. The number of aryl methyl sites for hydroxylation is 1. The number of rotatable bonds is 4. The van der Waals surface area contributed by atoms with Crippen LogP contribution in [0.15, 0.2) is 6.20 Å². The van der Waals surface area contributed by atoms with E-state index in [1.54, 1.807) is 11.3 Å². The number of carbonyl (C=O) groups excluding carboxylic acids is 1. The standard InChI is InChI=1S/C13H21N3OS/c1-9(2)13(4-5-14-8-13)12(17)16-7-11-6-15-10(3)18-11/h6,9,14H,4-5,7-8H2,1-3H3,(H,16,17). The summed E-state index contributed by atoms with van der Waals surface area (Å²) in [5.41, 5.74) is -0.236. The maximum Gasteiger partial charge on any atom is 0.228 e. The quantitative estimate of drug-likeness (QED) is 0.873. The Morgan fingerprint density at radius 3 is 2.94 bits per heavy atom. The van der Waals surface area contributed by atoms with Gasteiger partial charge in [-0.05, 0) is 25.8 Å². The summed E-state index contributed by atoms with van der Waals surface area (Å²) in [6.07, 6.45) is 2.77. The first kappa shape index (κ1) is 13.5. The molecule has 4 nitrogen and oxygen atoms in total. The van der Waals surface area contributed by atoms with Gasteiger partial charge in [0.25, 0.3) is 0 Å². The van der Waals surface area contributed by atoms with Crippen LogP contribution in [0.25, 0.3) is 0 Å². The van der Waals surface area contributed by atoms with E-state index in [2.05, 4.69) is 29.5 Å². The zero-order chi connectivity index (χ0) is 13.2. The monoisotopic (exact) mass is 267 g/mol. The largest absolute Gasteiger partial charge is 0.351 e. The lowest BCUT2D eigenvalue weighted by molar-refractivity contribution is -0.132. The van der Waals surface area contributed by atoms with Crippen molar-refractivity contribution in [2.75, 3.05) is 13.1 Å². The van der Waals surface area contributed by atoms with Crippen molar-refractivity contribution in [2.24, 2.45) is 11.3 Å². The molecule has 2 N–H and O–H groups in total. The maximum absolute atomic E-state index is 12.4. The number of amides is 1. The minimum atomic E-state index is -0.236. The van der Waals surface area contributed by atoms with Crippen molar-refractivity contribution in [1.29, 1.82) is 0 Å². The van der Waals surface area contributed by atoms with Gasteiger partial charge in [0, 0.05) is 17.6 Å². The molecule has 1 atom stereocenters. The molecule has 1 fully saturated rings. The van der Waals surface area contributed by atoms with Crippen LogP contribution in [0.3, 0.4) is 0 Å². The van der Waals surface area contributed by atoms with E-state index in [0.717, 1.165) is 29.4 Å². The molecular weight excluding hydrogens is 246 g/mol. The van der Waals surface area contributed by atoms with E-state index >= 15 is 0 Å². The van der Waals surface area contributed by atoms with Gasteiger partial charge in [0.2, 0.25) is 5.91 Å². The Balaban J connectivity index is 1.98. The molecule has 0 spiro atoms. The zero-order valence-corrected chi connectivity index (χ0v) is 12.1. The van der Waals surface area contributed by atoms with E-state index in [0.29, 0.717) is 12.5 Å². The molecule has 0 aromatic carbocycles. The van der Waals surface area contributed by atoms with Crippen LogP contribution in [0.4, 0.5) is 0 Å². The van der Waals surface area contributed by atoms with Gasteiger partial charge < -0.3 is 10.6 Å². The highest BCUT2D eigenvalue weighted by Crippen LogP contribution is 2.34. The average Bonchev–Trinajstić information content (AvgIpc) is 2.95. The van der Waals surface area contributed by atoms with Gasteiger partial charge in [-0.25, -0.2) is 4.98 Å². The number of hydrogen-bond acceptors (Lipinski definition) is 4. The highest BCUT2D eigenvalue weighted by Gasteiger charge is 2.43. The second kappa shape index (κ2) is 5.36. The van der Waals surface area contributed by atoms with Gasteiger partial charge in [0.15, 0.2) is 0 Å². The van der Waals surface area contributed by atoms with Crippen LogP contribution < -0.4 is 10.6 Å². The molecule has 1 aromatic rings. The molecule has 0 aliphatic carbocycles. The molecular formula is C13H21N3OS. The summed E-state index contributed by atoms with van der Waals surface area (Å²) in [7, 11) is 0. The van der Waals surface area contributed by atoms with Gasteiger partial charge in [-0.2, -0.15) is 0 Å². The van der Waals surface area contributed by atoms with Crippen LogP contribution in [-0.4, -0.2) is 24.0 Å². The van der Waals surface area contributed by atoms with Gasteiger partial charge in [0.05, 0.1) is 17.0 Å². The van der Waals surface area contributed by atoms with Gasteiger partial charge in [-0.3, -0.25) is 4.79 Å². The van der Waals surface area contributed by atoms with E-state index in [4.69, 9.17) is 0 Å². The second-order valence-corrected chi connectivity index (χ2v) is 6.59. The molecule has 1 amide bonds. The first-order chi connectivity index (χ1) is 8.54. The molecule has 5 heteroatoms. The summed E-state index contributed by atoms with van der Waals surface area (Å²) < 4.78 is 0. The molecule has 1 saturated heterocycles. The zero-order valence-electron chi connectivity index (χ0n) is 11.2. The van der Waals surface area contributed by atoms with Crippen molar-refractivity contribution in [3.05, 3.63) is 16.1 Å². The molecule has 0 saturated carbocycles. The summed E-state index contributed by atoms with van der Waals surface area (Å²) in [6.45, 7) is 8.56. The maximum atomic E-state index is 12.4. The highest BCUT2D eigenvalue weighted by molar-refractivity contribution is 7.11. The number of nitrogens with zero attached hydrogens (tertiary/aromatic N) is 1. The second-order valence-electron chi connectivity index (χ2n) is 5.27. The molecule has 18 heavy (non-hydrogen) atoms. The molecule has 2 heterocycles. The van der Waals surface area contributed by atoms with Gasteiger partial charge in [-0.15, -0.1) is 11.3 Å². The third-order valence-electron chi connectivity index (χ3n) is 3.84. The van der Waals surface area contributed by atoms with E-state index in [1.165, 1.54) is 0 Å². The van der Waals surface area contributed by atoms with Crippen LogP contribution >= 0.6 is 11.3 Å². The Morgan fingerprint density at radius 1 is 1.67 bits per heavy atom. The smallest absolute Gasteiger partial charge is 0.228 e. The lowest BCUT2D eigenvalue weighted by Gasteiger charge is -2.30. The van der Waals surface area contributed by atoms with Gasteiger partial charge >= 0.3 is 0 Å². The van der Waals surface area contributed by atoms with E-state index in [9.17, 15) is 4.79 Å². The third kappa shape index (κ3) is 2.57. The van der Waals surface area contributed by atoms with Gasteiger partial charge in [-0.1, -0.05) is 13.8 Å². The Morgan fingerprint density at radius 2 is 2.44 bits per heavy atom. The molecule has 2 rings (SSSR count). The fraction of sp³-hybridized carbons (Fsp3) is 0.692. The molecule has 100 valence electrons. The van der Waals surface area contributed by atoms with E-state index in [-0.39, 0.29) is 11.3 Å². The van der Waals surface area contributed by atoms with Crippen molar-refractivity contribution >= 4 is 17.2 Å². The van der Waals surface area contributed by atoms with E-state index < -0.39 is 0 Å². The summed E-state index contributed by atoms with van der Waals surface area (Å²) in [6, 6.07) is 0. The predicted molar refractivity (Wildman–Crippen MR) is 73.5 cm³/mol. The number of thiazole rings is 1. The minimum absolute atomic E-state index is 0.175. The number of nitrogens with one attached hydrogen (secondary N) is 2. The first-order valence-corrected chi connectivity index (χ1v) is 7.26. The highest BCUT2D eigenvalue weighted by atomic mass is 32.1. The van der Waals surface area contributed by atoms with Crippen molar-refractivity contribution in [3.8, 4) is 0 Å². The van der Waals surface area contributed by atoms with Crippen LogP contribution in [-0.2, 0) is 11.3 Å². The lowest BCUT2D eigenvalue weighted by atomic mass is 9.75. The Bertz CT molecular complexity index is 422. The Labute approximate surface area is 112 Å². The summed E-state index contributed by atoms with van der Waals surface area (Å²) in [5, 5.41) is 7.42. The summed E-state index contributed by atoms with van der Waals surface area (Å²) in [4.78, 5) is 17.7. The summed E-state index contributed by atoms with van der Waals surface area (Å²) >= 11 is 1.64. The average molecular weight is 267 g/mol. The minimum Gasteiger partial charge on any atom is -0.351 e. The Hall–Kier alpha value is -0.940. The first-order valence-electron chi connectivity index (χ1n) is 6.45. The van der Waals surface area contributed by atoms with Crippen LogP contribution in [0.1, 0.15) is 30.2 Å². The van der Waals surface area contributed by atoms with E-state index in [1.807, 2.05) is 13.1 Å². The number of aromatic nitrogens is 1. The van der Waals surface area contributed by atoms with Crippen molar-refractivity contribution < 1.29 is 4.79 Å². The number of carbonyl (C=O) groups is 1. The van der Waals surface area contributed by atoms with Gasteiger partial charge in [0.1, 0.15) is 0 Å². The van der Waals surface area contributed by atoms with Crippen LogP contribution in [0.5, 0.6) is 0 Å². The summed E-state index contributed by atoms with van der Waals surface area (Å²) in [5.74, 6) is 0.532. The molecule has 1 aliphatic heterocycles. The molecule has 1 unspecified atom stereocenters.